The van der Waals surface area contributed by atoms with Gasteiger partial charge in [-0.1, -0.05) is 18.2 Å². The highest BCUT2D eigenvalue weighted by atomic mass is 19.3. The van der Waals surface area contributed by atoms with E-state index in [0.29, 0.717) is 0 Å². The Morgan fingerprint density at radius 3 is 2.50 bits per heavy atom. The summed E-state index contributed by atoms with van der Waals surface area (Å²) in [6.07, 6.45) is -5.88. The molecule has 0 aromatic heterocycles. The van der Waals surface area contributed by atoms with Gasteiger partial charge in [-0.3, -0.25) is 4.79 Å². The van der Waals surface area contributed by atoms with Crippen LogP contribution in [0.3, 0.4) is 0 Å². The fourth-order valence-corrected chi connectivity index (χ4v) is 2.84. The number of carbonyl (C=O) groups is 2. The van der Waals surface area contributed by atoms with Crippen molar-refractivity contribution in [3.05, 3.63) is 35.9 Å². The van der Waals surface area contributed by atoms with E-state index in [1.54, 1.807) is 18.2 Å². The molecule has 1 aliphatic heterocycles. The topological polar surface area (TPSA) is 61.8 Å². The Kier molecular flexibility index (Phi) is 3.60. The molecule has 5 nitrogen and oxygen atoms in total. The lowest BCUT2D eigenvalue weighted by molar-refractivity contribution is -0.176. The summed E-state index contributed by atoms with van der Waals surface area (Å²) in [6.45, 7) is 1.18. The zero-order valence-corrected chi connectivity index (χ0v) is 11.7. The Balaban J connectivity index is 1.67. The van der Waals surface area contributed by atoms with Crippen LogP contribution in [0.4, 0.5) is 8.78 Å². The van der Waals surface area contributed by atoms with Gasteiger partial charge in [-0.15, -0.1) is 0 Å². The van der Waals surface area contributed by atoms with Gasteiger partial charge in [-0.2, -0.15) is 0 Å². The number of carbonyl (C=O) groups excluding carboxylic acids is 2. The zero-order valence-electron chi connectivity index (χ0n) is 11.7. The second-order valence-corrected chi connectivity index (χ2v) is 5.40. The lowest BCUT2D eigenvalue weighted by atomic mass is 10.0. The molecule has 0 radical (unpaired) electrons. The maximum atomic E-state index is 13.4. The summed E-state index contributed by atoms with van der Waals surface area (Å²) >= 11 is 0. The largest absolute Gasteiger partial charge is 0.455 e. The van der Waals surface area contributed by atoms with Crippen LogP contribution < -0.4 is 0 Å². The average molecular weight is 312 g/mol. The molecular formula is C15H14F2O5. The third-order valence-electron chi connectivity index (χ3n) is 3.99. The molecule has 1 aliphatic carbocycles. The van der Waals surface area contributed by atoms with Gasteiger partial charge in [0.25, 0.3) is 6.43 Å². The van der Waals surface area contributed by atoms with Crippen LogP contribution in [0, 0.1) is 5.41 Å². The van der Waals surface area contributed by atoms with Crippen molar-refractivity contribution in [2.24, 2.45) is 5.41 Å². The number of alkyl halides is 2. The first kappa shape index (κ1) is 14.9. The highest BCUT2D eigenvalue weighted by Gasteiger charge is 2.79. The van der Waals surface area contributed by atoms with Gasteiger partial charge in [-0.25, -0.2) is 13.6 Å². The normalized spacial score (nSPS) is 32.5. The van der Waals surface area contributed by atoms with E-state index in [1.807, 2.05) is 0 Å². The molecule has 22 heavy (non-hydrogen) atoms. The molecule has 2 unspecified atom stereocenters. The highest BCUT2D eigenvalue weighted by molar-refractivity contribution is 5.89. The van der Waals surface area contributed by atoms with Crippen LogP contribution in [-0.4, -0.2) is 36.9 Å². The molecule has 0 spiro atoms. The molecule has 118 valence electrons. The van der Waals surface area contributed by atoms with Gasteiger partial charge in [0.05, 0.1) is 5.56 Å². The molecule has 1 aromatic carbocycles. The second-order valence-electron chi connectivity index (χ2n) is 5.40. The van der Waals surface area contributed by atoms with Crippen molar-refractivity contribution < 1.29 is 32.6 Å². The molecule has 0 amide bonds. The predicted molar refractivity (Wildman–Crippen MR) is 69.1 cm³/mol. The van der Waals surface area contributed by atoms with Gasteiger partial charge in [0, 0.05) is 13.3 Å². The van der Waals surface area contributed by atoms with E-state index in [1.165, 1.54) is 19.1 Å². The van der Waals surface area contributed by atoms with Crippen molar-refractivity contribution in [1.29, 1.82) is 0 Å². The van der Waals surface area contributed by atoms with Crippen LogP contribution >= 0.6 is 0 Å². The first-order valence-electron chi connectivity index (χ1n) is 6.82. The quantitative estimate of drug-likeness (QED) is 0.797. The Hall–Kier alpha value is -2.02. The molecular weight excluding hydrogens is 298 g/mol. The minimum atomic E-state index is -2.73. The summed E-state index contributed by atoms with van der Waals surface area (Å²) < 4.78 is 41.9. The summed E-state index contributed by atoms with van der Waals surface area (Å²) in [5, 5.41) is 0. The molecule has 0 N–H and O–H groups in total. The summed E-state index contributed by atoms with van der Waals surface area (Å²) in [6, 6.07) is 8.12. The van der Waals surface area contributed by atoms with E-state index in [0.717, 1.165) is 0 Å². The van der Waals surface area contributed by atoms with Gasteiger partial charge in [0.1, 0.15) is 17.6 Å². The molecule has 1 heterocycles. The standard InChI is InChI=1S/C15H14F2O5/c1-8(18)20-10-7-15(14(16)17)11(21-10)12(15)22-13(19)9-5-3-2-4-6-9/h2-6,10-12,14H,7H2,1H3/t10?,11-,12?,15+/m1/s1. The van der Waals surface area contributed by atoms with Crippen LogP contribution in [0.25, 0.3) is 0 Å². The van der Waals surface area contributed by atoms with Crippen molar-refractivity contribution in [3.8, 4) is 0 Å². The number of hydrogen-bond donors (Lipinski definition) is 0. The first-order chi connectivity index (χ1) is 10.4. The van der Waals surface area contributed by atoms with Gasteiger partial charge >= 0.3 is 11.9 Å². The molecule has 2 aliphatic rings. The molecule has 2 fully saturated rings. The Bertz CT molecular complexity index is 591. The predicted octanol–water partition coefficient (Wildman–Crippen LogP) is 2.16. The van der Waals surface area contributed by atoms with Crippen LogP contribution in [-0.2, 0) is 19.0 Å². The number of fused-ring (bicyclic) bond motifs is 1. The van der Waals surface area contributed by atoms with E-state index in [2.05, 4.69) is 0 Å². The van der Waals surface area contributed by atoms with E-state index in [-0.39, 0.29) is 12.0 Å². The molecule has 1 saturated heterocycles. The summed E-state index contributed by atoms with van der Waals surface area (Å²) in [5.74, 6) is -1.28. The van der Waals surface area contributed by atoms with E-state index in [4.69, 9.17) is 14.2 Å². The van der Waals surface area contributed by atoms with Crippen molar-refractivity contribution in [2.45, 2.75) is 38.3 Å². The van der Waals surface area contributed by atoms with E-state index >= 15 is 0 Å². The number of rotatable bonds is 4. The Morgan fingerprint density at radius 2 is 1.95 bits per heavy atom. The monoisotopic (exact) mass is 312 g/mol. The summed E-state index contributed by atoms with van der Waals surface area (Å²) in [4.78, 5) is 22.8. The number of ether oxygens (including phenoxy) is 3. The highest BCUT2D eigenvalue weighted by Crippen LogP contribution is 2.63. The number of hydrogen-bond acceptors (Lipinski definition) is 5. The third-order valence-corrected chi connectivity index (χ3v) is 3.99. The maximum absolute atomic E-state index is 13.4. The SMILES string of the molecule is CC(=O)OC1C[C@@]2(C(F)F)C(OC(=O)c3ccccc3)[C@H]2O1. The molecule has 3 rings (SSSR count). The fourth-order valence-electron chi connectivity index (χ4n) is 2.84. The Labute approximate surface area is 125 Å². The lowest BCUT2D eigenvalue weighted by Gasteiger charge is -2.18. The van der Waals surface area contributed by atoms with Gasteiger partial charge in [0.2, 0.25) is 6.29 Å². The number of esters is 2. The molecule has 7 heteroatoms. The van der Waals surface area contributed by atoms with Gasteiger partial charge in [0.15, 0.2) is 0 Å². The van der Waals surface area contributed by atoms with Crippen molar-refractivity contribution in [3.63, 3.8) is 0 Å². The first-order valence-corrected chi connectivity index (χ1v) is 6.82. The summed E-state index contributed by atoms with van der Waals surface area (Å²) in [5.41, 5.74) is -1.29. The minimum absolute atomic E-state index is 0.179. The van der Waals surface area contributed by atoms with Crippen LogP contribution in [0.2, 0.25) is 0 Å². The third kappa shape index (κ3) is 2.35. The summed E-state index contributed by atoms with van der Waals surface area (Å²) in [7, 11) is 0. The van der Waals surface area contributed by atoms with Crippen LogP contribution in [0.15, 0.2) is 30.3 Å². The van der Waals surface area contributed by atoms with Gasteiger partial charge in [-0.05, 0) is 12.1 Å². The molecule has 1 saturated carbocycles. The number of halogens is 2. The van der Waals surface area contributed by atoms with E-state index < -0.39 is 42.3 Å². The van der Waals surface area contributed by atoms with Crippen molar-refractivity contribution in [1.82, 2.24) is 0 Å². The Morgan fingerprint density at radius 1 is 1.27 bits per heavy atom. The van der Waals surface area contributed by atoms with Gasteiger partial charge < -0.3 is 14.2 Å². The van der Waals surface area contributed by atoms with Crippen molar-refractivity contribution >= 4 is 11.9 Å². The maximum Gasteiger partial charge on any atom is 0.338 e. The van der Waals surface area contributed by atoms with E-state index in [9.17, 15) is 18.4 Å². The number of benzene rings is 1. The van der Waals surface area contributed by atoms with Crippen LogP contribution in [0.1, 0.15) is 23.7 Å². The minimum Gasteiger partial charge on any atom is -0.455 e. The molecule has 0 bridgehead atoms. The lowest BCUT2D eigenvalue weighted by Crippen LogP contribution is -2.27. The smallest absolute Gasteiger partial charge is 0.338 e. The average Bonchev–Trinajstić information content (AvgIpc) is 2.89. The fraction of sp³-hybridized carbons (Fsp3) is 0.467. The zero-order chi connectivity index (χ0) is 15.9. The molecule has 4 atom stereocenters. The van der Waals surface area contributed by atoms with Crippen molar-refractivity contribution in [2.75, 3.05) is 0 Å². The second kappa shape index (κ2) is 5.31. The van der Waals surface area contributed by atoms with Crippen LogP contribution in [0.5, 0.6) is 0 Å². The molecule has 1 aromatic rings.